The topological polar surface area (TPSA) is 32.8 Å². The number of aryl methyl sites for hydroxylation is 1. The van der Waals surface area contributed by atoms with E-state index >= 15 is 0 Å². The molecule has 0 radical (unpaired) electrons. The van der Waals surface area contributed by atoms with E-state index in [1.54, 1.807) is 0 Å². The van der Waals surface area contributed by atoms with Crippen LogP contribution in [0.25, 0.3) is 0 Å². The number of para-hydroxylation sites is 1. The fraction of sp³-hybridized carbons (Fsp3) is 0.611. The van der Waals surface area contributed by atoms with Gasteiger partial charge in [0.1, 0.15) is 11.9 Å². The Hall–Kier alpha value is -1.55. The van der Waals surface area contributed by atoms with Gasteiger partial charge < -0.3 is 14.5 Å². The third kappa shape index (κ3) is 3.43. The maximum atomic E-state index is 12.3. The molecule has 1 atom stereocenters. The number of hydrogen-bond donors (Lipinski definition) is 0. The van der Waals surface area contributed by atoms with Gasteiger partial charge >= 0.3 is 0 Å². The SMILES string of the molecule is Cc1ccccc1OC1CN(C(=O)CC2CCCCN2C)C1. The number of amides is 1. The number of carbonyl (C=O) groups excluding carboxylic acids is 1. The van der Waals surface area contributed by atoms with Gasteiger partial charge in [0, 0.05) is 12.5 Å². The van der Waals surface area contributed by atoms with Crippen LogP contribution in [-0.2, 0) is 4.79 Å². The maximum Gasteiger partial charge on any atom is 0.224 e. The van der Waals surface area contributed by atoms with Crippen LogP contribution in [0, 0.1) is 6.92 Å². The molecule has 120 valence electrons. The first kappa shape index (κ1) is 15.3. The van der Waals surface area contributed by atoms with Crippen LogP contribution in [0.5, 0.6) is 5.75 Å². The molecule has 22 heavy (non-hydrogen) atoms. The van der Waals surface area contributed by atoms with Crippen LogP contribution in [0.3, 0.4) is 0 Å². The van der Waals surface area contributed by atoms with Crippen LogP contribution in [-0.4, -0.2) is 54.5 Å². The molecule has 4 nitrogen and oxygen atoms in total. The van der Waals surface area contributed by atoms with Gasteiger partial charge in [-0.1, -0.05) is 24.6 Å². The van der Waals surface area contributed by atoms with E-state index in [1.165, 1.54) is 12.8 Å². The van der Waals surface area contributed by atoms with Crippen LogP contribution in [0.4, 0.5) is 0 Å². The van der Waals surface area contributed by atoms with Gasteiger partial charge in [-0.2, -0.15) is 0 Å². The molecule has 1 amide bonds. The van der Waals surface area contributed by atoms with Gasteiger partial charge in [0.25, 0.3) is 0 Å². The van der Waals surface area contributed by atoms with Crippen molar-refractivity contribution in [3.8, 4) is 5.75 Å². The highest BCUT2D eigenvalue weighted by Crippen LogP contribution is 2.24. The molecule has 2 aliphatic rings. The number of ether oxygens (including phenoxy) is 1. The molecule has 1 aromatic carbocycles. The Morgan fingerprint density at radius 1 is 1.27 bits per heavy atom. The molecule has 0 spiro atoms. The molecule has 2 heterocycles. The lowest BCUT2D eigenvalue weighted by Gasteiger charge is -2.41. The van der Waals surface area contributed by atoms with Crippen molar-refractivity contribution < 1.29 is 9.53 Å². The molecule has 2 aliphatic heterocycles. The summed E-state index contributed by atoms with van der Waals surface area (Å²) in [5.41, 5.74) is 1.15. The molecule has 1 unspecified atom stereocenters. The second-order valence-electron chi connectivity index (χ2n) is 6.64. The van der Waals surface area contributed by atoms with Crippen LogP contribution in [0.2, 0.25) is 0 Å². The predicted octanol–water partition coefficient (Wildman–Crippen LogP) is 2.46. The number of carbonyl (C=O) groups is 1. The van der Waals surface area contributed by atoms with Crippen molar-refractivity contribution in [2.75, 3.05) is 26.7 Å². The Morgan fingerprint density at radius 3 is 2.77 bits per heavy atom. The minimum atomic E-state index is 0.147. The lowest BCUT2D eigenvalue weighted by Crippen LogP contribution is -2.57. The van der Waals surface area contributed by atoms with Gasteiger partial charge in [0.2, 0.25) is 5.91 Å². The molecule has 0 aliphatic carbocycles. The second-order valence-corrected chi connectivity index (χ2v) is 6.64. The van der Waals surface area contributed by atoms with E-state index in [9.17, 15) is 4.79 Å². The van der Waals surface area contributed by atoms with E-state index in [2.05, 4.69) is 24.9 Å². The number of benzene rings is 1. The molecule has 0 bridgehead atoms. The smallest absolute Gasteiger partial charge is 0.224 e. The largest absolute Gasteiger partial charge is 0.486 e. The fourth-order valence-electron chi connectivity index (χ4n) is 3.32. The first-order valence-electron chi connectivity index (χ1n) is 8.34. The van der Waals surface area contributed by atoms with Gasteiger partial charge in [-0.05, 0) is 45.0 Å². The lowest BCUT2D eigenvalue weighted by atomic mass is 9.98. The molecule has 0 N–H and O–H groups in total. The Balaban J connectivity index is 1.44. The van der Waals surface area contributed by atoms with Crippen molar-refractivity contribution in [3.63, 3.8) is 0 Å². The predicted molar refractivity (Wildman–Crippen MR) is 87.1 cm³/mol. The zero-order chi connectivity index (χ0) is 15.5. The van der Waals surface area contributed by atoms with E-state index in [0.29, 0.717) is 12.5 Å². The molecular weight excluding hydrogens is 276 g/mol. The number of nitrogens with zero attached hydrogens (tertiary/aromatic N) is 2. The van der Waals surface area contributed by atoms with E-state index in [4.69, 9.17) is 4.74 Å². The fourth-order valence-corrected chi connectivity index (χ4v) is 3.32. The first-order chi connectivity index (χ1) is 10.6. The molecule has 2 saturated heterocycles. The van der Waals surface area contributed by atoms with Gasteiger partial charge in [-0.15, -0.1) is 0 Å². The highest BCUT2D eigenvalue weighted by Gasteiger charge is 2.34. The van der Waals surface area contributed by atoms with Gasteiger partial charge in [-0.25, -0.2) is 0 Å². The van der Waals surface area contributed by atoms with Gasteiger partial charge in [-0.3, -0.25) is 4.79 Å². The third-order valence-electron chi connectivity index (χ3n) is 4.92. The Morgan fingerprint density at radius 2 is 2.05 bits per heavy atom. The Kier molecular flexibility index (Phi) is 4.67. The number of piperidine rings is 1. The van der Waals surface area contributed by atoms with Crippen molar-refractivity contribution in [1.82, 2.24) is 9.80 Å². The molecule has 3 rings (SSSR count). The molecule has 0 saturated carbocycles. The summed E-state index contributed by atoms with van der Waals surface area (Å²) in [5.74, 6) is 1.22. The van der Waals surface area contributed by atoms with E-state index in [1.807, 2.05) is 23.1 Å². The monoisotopic (exact) mass is 302 g/mol. The molecular formula is C18H26N2O2. The Labute approximate surface area is 133 Å². The van der Waals surface area contributed by atoms with Crippen molar-refractivity contribution in [2.24, 2.45) is 0 Å². The number of hydrogen-bond acceptors (Lipinski definition) is 3. The minimum absolute atomic E-state index is 0.147. The van der Waals surface area contributed by atoms with Crippen LogP contribution in [0.15, 0.2) is 24.3 Å². The quantitative estimate of drug-likeness (QED) is 0.856. The van der Waals surface area contributed by atoms with Crippen molar-refractivity contribution in [1.29, 1.82) is 0 Å². The van der Waals surface area contributed by atoms with E-state index in [0.717, 1.165) is 37.4 Å². The molecule has 2 fully saturated rings. The summed E-state index contributed by atoms with van der Waals surface area (Å²) in [5, 5.41) is 0. The first-order valence-corrected chi connectivity index (χ1v) is 8.34. The average Bonchev–Trinajstić information content (AvgIpc) is 2.46. The maximum absolute atomic E-state index is 12.3. The zero-order valence-corrected chi connectivity index (χ0v) is 13.6. The molecule has 1 aromatic rings. The number of rotatable bonds is 4. The van der Waals surface area contributed by atoms with Gasteiger partial charge in [0.15, 0.2) is 0 Å². The highest BCUT2D eigenvalue weighted by molar-refractivity contribution is 5.77. The van der Waals surface area contributed by atoms with Crippen LogP contribution >= 0.6 is 0 Å². The normalized spacial score (nSPS) is 23.2. The van der Waals surface area contributed by atoms with Crippen molar-refractivity contribution >= 4 is 5.91 Å². The lowest BCUT2D eigenvalue weighted by molar-refractivity contribution is -0.141. The van der Waals surface area contributed by atoms with E-state index in [-0.39, 0.29) is 12.0 Å². The standard InChI is InChI=1S/C18H26N2O2/c1-14-7-3-4-9-17(14)22-16-12-20(13-16)18(21)11-15-8-5-6-10-19(15)2/h3-4,7,9,15-16H,5-6,8,10-13H2,1-2H3. The third-order valence-corrected chi connectivity index (χ3v) is 4.92. The summed E-state index contributed by atoms with van der Waals surface area (Å²) in [6.45, 7) is 4.63. The summed E-state index contributed by atoms with van der Waals surface area (Å²) in [4.78, 5) is 16.6. The zero-order valence-electron chi connectivity index (χ0n) is 13.6. The minimum Gasteiger partial charge on any atom is -0.486 e. The summed E-state index contributed by atoms with van der Waals surface area (Å²) >= 11 is 0. The summed E-state index contributed by atoms with van der Waals surface area (Å²) in [7, 11) is 2.14. The molecule has 4 heteroatoms. The number of likely N-dealkylation sites (tertiary alicyclic amines) is 2. The van der Waals surface area contributed by atoms with E-state index < -0.39 is 0 Å². The average molecular weight is 302 g/mol. The van der Waals surface area contributed by atoms with Gasteiger partial charge in [0.05, 0.1) is 13.1 Å². The highest BCUT2D eigenvalue weighted by atomic mass is 16.5. The van der Waals surface area contributed by atoms with Crippen LogP contribution in [0.1, 0.15) is 31.2 Å². The summed E-state index contributed by atoms with van der Waals surface area (Å²) in [6.07, 6.45) is 4.47. The summed E-state index contributed by atoms with van der Waals surface area (Å²) < 4.78 is 5.97. The molecule has 0 aromatic heterocycles. The van der Waals surface area contributed by atoms with Crippen LogP contribution < -0.4 is 4.74 Å². The second kappa shape index (κ2) is 6.69. The Bertz CT molecular complexity index is 526. The van der Waals surface area contributed by atoms with Crippen molar-refractivity contribution in [3.05, 3.63) is 29.8 Å². The summed E-state index contributed by atoms with van der Waals surface area (Å²) in [6, 6.07) is 8.48. The van der Waals surface area contributed by atoms with Crippen molar-refractivity contribution in [2.45, 2.75) is 44.8 Å².